The number of rotatable bonds is 47. The maximum atomic E-state index is 14.6. The molecule has 3 aliphatic rings. The van der Waals surface area contributed by atoms with Crippen molar-refractivity contribution in [2.75, 3.05) is 122 Å². The molecule has 0 aromatic heterocycles. The number of aromatic hydroxyl groups is 1. The van der Waals surface area contributed by atoms with Gasteiger partial charge in [0, 0.05) is 133 Å². The lowest BCUT2D eigenvalue weighted by Gasteiger charge is -2.33. The molecule has 0 radical (unpaired) electrons. The third-order valence-corrected chi connectivity index (χ3v) is 26.7. The first kappa shape index (κ1) is 107. The number of carbonyl (C=O) groups is 14. The molecule has 136 heavy (non-hydrogen) atoms. The van der Waals surface area contributed by atoms with E-state index in [9.17, 15) is 129 Å². The lowest BCUT2D eigenvalue weighted by atomic mass is 9.81. The lowest BCUT2D eigenvalue weighted by molar-refractivity contribution is -0.141. The van der Waals surface area contributed by atoms with E-state index in [0.717, 1.165) is 28.5 Å². The second kappa shape index (κ2) is 50.8. The summed E-state index contributed by atoms with van der Waals surface area (Å²) in [5.41, 5.74) is 8.88. The van der Waals surface area contributed by atoms with Crippen molar-refractivity contribution in [1.29, 1.82) is 0 Å². The molecule has 6 aromatic carbocycles. The van der Waals surface area contributed by atoms with E-state index in [-0.39, 0.29) is 190 Å². The number of phenols is 1. The summed E-state index contributed by atoms with van der Waals surface area (Å²) in [6.45, 7) is 3.23. The molecule has 9 rings (SSSR count). The van der Waals surface area contributed by atoms with Crippen LogP contribution in [0.1, 0.15) is 113 Å². The van der Waals surface area contributed by atoms with Gasteiger partial charge >= 0.3 is 41.8 Å². The minimum Gasteiger partial charge on any atom is -0.505 e. The average Bonchev–Trinajstić information content (AvgIpc) is 0.853. The summed E-state index contributed by atoms with van der Waals surface area (Å²) in [6.07, 6.45) is 0.766. The number of carboxylic acids is 6. The third-order valence-electron chi connectivity index (χ3n) is 23.7. The fourth-order valence-electron chi connectivity index (χ4n) is 16.2. The number of aliphatic hydroxyl groups is 1. The minimum atomic E-state index is -5.17. The number of nitrogen functional groups attached to an aromatic ring is 1. The number of likely N-dealkylation sites (tertiary alicyclic amines) is 1. The summed E-state index contributed by atoms with van der Waals surface area (Å²) >= 11 is 1.24. The van der Waals surface area contributed by atoms with Crippen LogP contribution in [0.2, 0.25) is 0 Å². The molecular weight excluding hydrogens is 1840 g/mol. The van der Waals surface area contributed by atoms with Crippen LogP contribution in [0.15, 0.2) is 117 Å². The number of nitrogens with one attached hydrogen (secondary N) is 8. The van der Waals surface area contributed by atoms with E-state index < -0.39 is 186 Å². The Hall–Kier alpha value is -12.6. The molecule has 0 bridgehead atoms. The Bertz CT molecular complexity index is 5620. The number of benzene rings is 6. The first-order chi connectivity index (χ1) is 64.5. The number of nitrogens with two attached hydrogens (primary N) is 1. The maximum Gasteiger partial charge on any atom is 0.326 e. The second-order valence-corrected chi connectivity index (χ2v) is 37.9. The number of aliphatic carboxylic acids is 6. The van der Waals surface area contributed by atoms with Gasteiger partial charge in [-0.15, -0.1) is 5.11 Å². The predicted molar refractivity (Wildman–Crippen MR) is 495 cm³/mol. The average molecular weight is 1950 g/mol. The number of urea groups is 1. The van der Waals surface area contributed by atoms with Crippen LogP contribution in [0.25, 0.3) is 32.7 Å². The molecule has 1 aliphatic carbocycles. The summed E-state index contributed by atoms with van der Waals surface area (Å²) in [6, 6.07) is 19.9. The molecule has 44 nitrogen and oxygen atoms in total. The number of phenolic OH excluding ortho intramolecular Hbond substituents is 1. The molecular formula is C89H116N16O28S3. The highest BCUT2D eigenvalue weighted by atomic mass is 32.2. The number of fused-ring (bicyclic) bond motifs is 2. The molecule has 3 fully saturated rings. The van der Waals surface area contributed by atoms with Gasteiger partial charge in [-0.1, -0.05) is 60.7 Å². The molecule has 9 amide bonds. The van der Waals surface area contributed by atoms with E-state index in [1.807, 2.05) is 42.5 Å². The van der Waals surface area contributed by atoms with Crippen molar-refractivity contribution in [3.05, 3.63) is 114 Å². The van der Waals surface area contributed by atoms with Gasteiger partial charge in [0.05, 0.1) is 48.2 Å². The van der Waals surface area contributed by atoms with Crippen LogP contribution in [-0.2, 0) is 89.0 Å². The number of aliphatic hydroxyl groups excluding tert-OH is 1. The fraction of sp³-hybridized carbons (Fsp3) is 0.483. The van der Waals surface area contributed by atoms with Crippen molar-refractivity contribution < 1.29 is 134 Å². The van der Waals surface area contributed by atoms with Gasteiger partial charge in [-0.2, -0.15) is 33.7 Å². The summed E-state index contributed by atoms with van der Waals surface area (Å²) in [7, 11) is -10.3. The molecule has 1 saturated carbocycles. The van der Waals surface area contributed by atoms with Crippen LogP contribution in [0.4, 0.5) is 27.5 Å². The van der Waals surface area contributed by atoms with Crippen LogP contribution >= 0.6 is 11.8 Å². The third kappa shape index (κ3) is 33.1. The van der Waals surface area contributed by atoms with E-state index in [4.69, 9.17) is 10.8 Å². The van der Waals surface area contributed by atoms with Gasteiger partial charge in [0.2, 0.25) is 41.4 Å². The summed E-state index contributed by atoms with van der Waals surface area (Å²) in [5, 5.41) is 110. The first-order valence-electron chi connectivity index (χ1n) is 44.2. The van der Waals surface area contributed by atoms with Gasteiger partial charge < -0.3 is 94.0 Å². The number of anilines is 2. The zero-order valence-corrected chi connectivity index (χ0v) is 77.4. The van der Waals surface area contributed by atoms with E-state index in [1.165, 1.54) is 16.7 Å². The van der Waals surface area contributed by atoms with Crippen LogP contribution < -0.4 is 48.3 Å². The second-order valence-electron chi connectivity index (χ2n) is 33.8. The van der Waals surface area contributed by atoms with E-state index in [1.54, 1.807) is 69.8 Å². The van der Waals surface area contributed by atoms with Crippen molar-refractivity contribution in [2.24, 2.45) is 22.1 Å². The number of hydrogen-bond donors (Lipinski definition) is 19. The molecule has 2 saturated heterocycles. The Morgan fingerprint density at radius 3 is 1.62 bits per heavy atom. The van der Waals surface area contributed by atoms with Gasteiger partial charge in [-0.05, 0) is 165 Å². The summed E-state index contributed by atoms with van der Waals surface area (Å²) in [5.74, 6) is -11.8. The van der Waals surface area contributed by atoms with Crippen LogP contribution in [0.5, 0.6) is 5.75 Å². The number of carbonyl (C=O) groups excluding carboxylic acids is 8. The Morgan fingerprint density at radius 2 is 1.06 bits per heavy atom. The van der Waals surface area contributed by atoms with E-state index in [2.05, 4.69) is 52.8 Å². The lowest BCUT2D eigenvalue weighted by Crippen LogP contribution is -2.51. The number of nitrogens with zero attached hydrogens (tertiary/aromatic N) is 7. The molecule has 4 unspecified atom stereocenters. The zero-order valence-electron chi connectivity index (χ0n) is 74.9. The molecule has 2 heterocycles. The first-order valence-corrected chi connectivity index (χ1v) is 48.1. The minimum absolute atomic E-state index is 0.0340. The molecule has 6 aromatic rings. The van der Waals surface area contributed by atoms with Crippen LogP contribution in [-0.4, -0.2) is 321 Å². The Morgan fingerprint density at radius 1 is 0.522 bits per heavy atom. The SMILES string of the molecule is Cc1cc(-c2ccc(NC(=O)[C@@H](CCCCNC(=O)CCN3C(=O)CC(SCCC(=O)NCC4CCC(C(=O)NC(Cc5ccc6ccccc6c5)C(=O)NCCCCC(NC(=O)N[C@@H](CCC(=O)O)C(=O)O)C(=O)O)CC4)C3O)NC(=O)CN3CCN(CC(=O)O)CCN(CC(=O)O)CCN(CC(=O)O)CC3)c(C)c2)ccc1N=Nc1ccc2c(S(=O)(=O)O)cc(S(=O)(=O)O)c(N)c2c1O. The highest BCUT2D eigenvalue weighted by Crippen LogP contribution is 2.44. The van der Waals surface area contributed by atoms with Crippen LogP contribution in [0.3, 0.4) is 0 Å². The number of amides is 9. The Kier molecular flexibility index (Phi) is 40.0. The zero-order chi connectivity index (χ0) is 99.3. The van der Waals surface area contributed by atoms with Gasteiger partial charge in [0.25, 0.3) is 20.2 Å². The topological polar surface area (TPSA) is 673 Å². The maximum absolute atomic E-state index is 14.6. The van der Waals surface area contributed by atoms with Crippen molar-refractivity contribution in [3.8, 4) is 16.9 Å². The number of aryl methyl sites for hydroxylation is 2. The van der Waals surface area contributed by atoms with Crippen LogP contribution in [0, 0.1) is 25.7 Å². The van der Waals surface area contributed by atoms with E-state index in [0.29, 0.717) is 66.2 Å². The number of azo groups is 1. The monoisotopic (exact) mass is 1950 g/mol. The van der Waals surface area contributed by atoms with E-state index >= 15 is 0 Å². The summed E-state index contributed by atoms with van der Waals surface area (Å²) in [4.78, 5) is 185. The highest BCUT2D eigenvalue weighted by molar-refractivity contribution is 8.00. The highest BCUT2D eigenvalue weighted by Gasteiger charge is 2.40. The fourth-order valence-corrected chi connectivity index (χ4v) is 18.8. The molecule has 738 valence electrons. The largest absolute Gasteiger partial charge is 0.505 e. The Labute approximate surface area is 787 Å². The van der Waals surface area contributed by atoms with Crippen molar-refractivity contribution >= 4 is 159 Å². The smallest absolute Gasteiger partial charge is 0.326 e. The summed E-state index contributed by atoms with van der Waals surface area (Å²) < 4.78 is 68.6. The van der Waals surface area contributed by atoms with Gasteiger partial charge in [0.15, 0.2) is 5.75 Å². The number of hydrogen-bond acceptors (Lipinski definition) is 28. The van der Waals surface area contributed by atoms with Gasteiger partial charge in [-0.25, -0.2) is 14.4 Å². The van der Waals surface area contributed by atoms with Crippen molar-refractivity contribution in [2.45, 2.75) is 162 Å². The molecule has 2 aliphatic heterocycles. The van der Waals surface area contributed by atoms with Gasteiger partial charge in [0.1, 0.15) is 45.9 Å². The predicted octanol–water partition coefficient (Wildman–Crippen LogP) is 4.10. The standard InChI is InChI=1S/C89H116N16O28S3/c1-52-41-59(60-20-23-63(53(2)42-60)99-100-64-24-21-61-70(135(128,129)130)46-71(136(131,132)133)81(90)80(61)82(64)118)19-22-62(52)95-85(121)65(94-74(108)48-101-32-34-102(49-77(112)113)36-38-104(51-79(116)117)39-37-103(35-33-101)50-78(114)115)11-5-7-29-91-72(106)27-31-105-75(109)45-69(86(105)122)134-40-28-73(107)93-47-54-13-17-57(18-14-54)83(119)96-68(44-55-15-16-56-9-3-4-10-58(56)43-55)84(120)92-30-8-6-12-66(87(123)124)97-89(127)98-67(88(125)126)25-26-76(110)111/h3-4,9-10,15-16,19-24,41-43,46,54,57,65-69,86,118,122H,5-8,11-14,17-18,25-40,44-45,47-51,90H2,1-2H3,(H,91,106)(H,92,120)(H,93,107)(H,94,108)(H,95,121)(H,96,119)(H,110,111)(H,112,113)(H,114,115)(H,116,117)(H,123,124)(H,125,126)(H2,97,98,127)(H,128,129,130)(H,131,132,133)/t54?,57?,65-,66?,67+,68?,69?,86?/m1/s1. The van der Waals surface area contributed by atoms with Crippen molar-refractivity contribution in [3.63, 3.8) is 0 Å². The van der Waals surface area contributed by atoms with Gasteiger partial charge in [-0.3, -0.25) is 81.4 Å². The molecule has 47 heteroatoms. The number of carboxylic acid groups (broad SMARTS) is 6. The normalized spacial score (nSPS) is 17.7. The molecule has 6 atom stereocenters. The quantitative estimate of drug-likeness (QED) is 0.0111. The molecule has 0 spiro atoms. The molecule has 20 N–H and O–H groups in total. The van der Waals surface area contributed by atoms with Crippen molar-refractivity contribution in [1.82, 2.24) is 61.7 Å². The number of unbranched alkanes of at least 4 members (excludes halogenated alkanes) is 2. The number of thioether (sulfide) groups is 1. The Balaban J connectivity index is 0.746.